The number of amides is 2. The van der Waals surface area contributed by atoms with Crippen LogP contribution in [0.2, 0.25) is 0 Å². The first-order chi connectivity index (χ1) is 10.9. The number of hydrogen-bond acceptors (Lipinski definition) is 4. The molecule has 1 aromatic carbocycles. The van der Waals surface area contributed by atoms with Crippen molar-refractivity contribution in [3.63, 3.8) is 0 Å². The molecule has 1 saturated heterocycles. The molecule has 0 spiro atoms. The Balaban J connectivity index is 1.78. The van der Waals surface area contributed by atoms with Gasteiger partial charge in [-0.1, -0.05) is 18.2 Å². The van der Waals surface area contributed by atoms with Crippen LogP contribution in [0.5, 0.6) is 0 Å². The molecule has 1 aromatic rings. The number of nitrogens with zero attached hydrogens (tertiary/aromatic N) is 2. The molecule has 2 aliphatic heterocycles. The van der Waals surface area contributed by atoms with Crippen LogP contribution in [0.3, 0.4) is 0 Å². The van der Waals surface area contributed by atoms with Crippen molar-refractivity contribution < 1.29 is 18.0 Å². The predicted molar refractivity (Wildman–Crippen MR) is 86.9 cm³/mol. The maximum absolute atomic E-state index is 12.6. The van der Waals surface area contributed by atoms with E-state index in [9.17, 15) is 18.0 Å². The van der Waals surface area contributed by atoms with E-state index in [-0.39, 0.29) is 17.5 Å². The highest BCUT2D eigenvalue weighted by Crippen LogP contribution is 2.28. The molecule has 2 aliphatic rings. The predicted octanol–water partition coefficient (Wildman–Crippen LogP) is 0.611. The van der Waals surface area contributed by atoms with Crippen LogP contribution in [0.25, 0.3) is 0 Å². The van der Waals surface area contributed by atoms with Gasteiger partial charge in [-0.05, 0) is 31.4 Å². The summed E-state index contributed by atoms with van der Waals surface area (Å²) in [6, 6.07) is 7.16. The van der Waals surface area contributed by atoms with Crippen molar-refractivity contribution in [2.24, 2.45) is 0 Å². The van der Waals surface area contributed by atoms with E-state index >= 15 is 0 Å². The van der Waals surface area contributed by atoms with Crippen LogP contribution >= 0.6 is 0 Å². The van der Waals surface area contributed by atoms with Crippen LogP contribution in [0.15, 0.2) is 24.3 Å². The van der Waals surface area contributed by atoms with Crippen molar-refractivity contribution in [2.75, 3.05) is 29.5 Å². The summed E-state index contributed by atoms with van der Waals surface area (Å²) in [5.74, 6) is -1.13. The Morgan fingerprint density at radius 3 is 2.70 bits per heavy atom. The molecule has 1 fully saturated rings. The number of anilines is 1. The normalized spacial score (nSPS) is 22.0. The number of para-hydroxylation sites is 1. The lowest BCUT2D eigenvalue weighted by molar-refractivity contribution is -0.145. The SMILES string of the molecule is CCN(C(=O)C(=O)N1CCc2ccccc21)C1CCS(=O)(=O)C1. The zero-order chi connectivity index (χ0) is 16.6. The minimum Gasteiger partial charge on any atom is -0.331 e. The monoisotopic (exact) mass is 336 g/mol. The van der Waals surface area contributed by atoms with Crippen LogP contribution in [-0.4, -0.2) is 55.8 Å². The fourth-order valence-corrected chi connectivity index (χ4v) is 5.11. The van der Waals surface area contributed by atoms with Gasteiger partial charge in [-0.2, -0.15) is 0 Å². The second-order valence-electron chi connectivity index (χ2n) is 5.98. The quantitative estimate of drug-likeness (QED) is 0.742. The van der Waals surface area contributed by atoms with Crippen LogP contribution in [0, 0.1) is 0 Å². The van der Waals surface area contributed by atoms with E-state index in [1.54, 1.807) is 6.92 Å². The van der Waals surface area contributed by atoms with Gasteiger partial charge in [0.2, 0.25) is 0 Å². The van der Waals surface area contributed by atoms with Crippen molar-refractivity contribution in [3.05, 3.63) is 29.8 Å². The van der Waals surface area contributed by atoms with Gasteiger partial charge in [-0.3, -0.25) is 9.59 Å². The van der Waals surface area contributed by atoms with E-state index < -0.39 is 21.7 Å². The van der Waals surface area contributed by atoms with Crippen molar-refractivity contribution >= 4 is 27.3 Å². The third-order valence-corrected chi connectivity index (χ3v) is 6.32. The van der Waals surface area contributed by atoms with Crippen molar-refractivity contribution in [3.8, 4) is 0 Å². The molecule has 23 heavy (non-hydrogen) atoms. The first-order valence-electron chi connectivity index (χ1n) is 7.83. The number of rotatable bonds is 2. The third kappa shape index (κ3) is 2.97. The summed E-state index contributed by atoms with van der Waals surface area (Å²) in [4.78, 5) is 28.1. The zero-order valence-electron chi connectivity index (χ0n) is 13.1. The van der Waals surface area contributed by atoms with Crippen LogP contribution in [0.4, 0.5) is 5.69 Å². The van der Waals surface area contributed by atoms with Crippen LogP contribution in [0.1, 0.15) is 18.9 Å². The molecule has 0 saturated carbocycles. The van der Waals surface area contributed by atoms with Gasteiger partial charge in [-0.25, -0.2) is 8.42 Å². The molecule has 2 heterocycles. The zero-order valence-corrected chi connectivity index (χ0v) is 13.9. The second-order valence-corrected chi connectivity index (χ2v) is 8.21. The summed E-state index contributed by atoms with van der Waals surface area (Å²) >= 11 is 0. The maximum Gasteiger partial charge on any atom is 0.316 e. The molecule has 1 unspecified atom stereocenters. The molecular formula is C16H20N2O4S. The summed E-state index contributed by atoms with van der Waals surface area (Å²) in [6.45, 7) is 2.60. The Hall–Kier alpha value is -1.89. The average Bonchev–Trinajstić information content (AvgIpc) is 3.10. The number of likely N-dealkylation sites (N-methyl/N-ethyl adjacent to an activating group) is 1. The van der Waals surface area contributed by atoms with Gasteiger partial charge in [0.25, 0.3) is 0 Å². The summed E-state index contributed by atoms with van der Waals surface area (Å²) in [6.07, 6.45) is 1.14. The molecule has 0 aromatic heterocycles. The standard InChI is InChI=1S/C16H20N2O4S/c1-2-17(13-8-10-23(21,22)11-13)15(19)16(20)18-9-7-12-5-3-4-6-14(12)18/h3-6,13H,2,7-11H2,1H3. The van der Waals surface area contributed by atoms with Crippen LogP contribution < -0.4 is 4.90 Å². The van der Waals surface area contributed by atoms with Crippen molar-refractivity contribution in [2.45, 2.75) is 25.8 Å². The molecule has 7 heteroatoms. The number of benzene rings is 1. The Bertz CT molecular complexity index is 744. The number of carbonyl (C=O) groups is 2. The maximum atomic E-state index is 12.6. The van der Waals surface area contributed by atoms with E-state index in [4.69, 9.17) is 0 Å². The number of fused-ring (bicyclic) bond motifs is 1. The highest BCUT2D eigenvalue weighted by Gasteiger charge is 2.38. The summed E-state index contributed by atoms with van der Waals surface area (Å²) in [7, 11) is -3.10. The summed E-state index contributed by atoms with van der Waals surface area (Å²) < 4.78 is 23.3. The molecule has 3 rings (SSSR count). The average molecular weight is 336 g/mol. The van der Waals surface area contributed by atoms with E-state index in [0.29, 0.717) is 19.5 Å². The van der Waals surface area contributed by atoms with Gasteiger partial charge in [0.05, 0.1) is 11.5 Å². The smallest absolute Gasteiger partial charge is 0.316 e. The molecule has 0 N–H and O–H groups in total. The highest BCUT2D eigenvalue weighted by molar-refractivity contribution is 7.91. The van der Waals surface area contributed by atoms with Gasteiger partial charge < -0.3 is 9.80 Å². The fourth-order valence-electron chi connectivity index (χ4n) is 3.38. The molecule has 124 valence electrons. The number of carbonyl (C=O) groups excluding carboxylic acids is 2. The second kappa shape index (κ2) is 5.96. The van der Waals surface area contributed by atoms with E-state index in [2.05, 4.69) is 0 Å². The van der Waals surface area contributed by atoms with Gasteiger partial charge in [-0.15, -0.1) is 0 Å². The summed E-state index contributed by atoms with van der Waals surface area (Å²) in [5, 5.41) is 0. The third-order valence-electron chi connectivity index (χ3n) is 4.57. The van der Waals surface area contributed by atoms with Gasteiger partial charge in [0, 0.05) is 24.8 Å². The first-order valence-corrected chi connectivity index (χ1v) is 9.66. The number of sulfone groups is 1. The fraction of sp³-hybridized carbons (Fsp3) is 0.500. The lowest BCUT2D eigenvalue weighted by Gasteiger charge is -2.28. The van der Waals surface area contributed by atoms with Gasteiger partial charge in [0.15, 0.2) is 9.84 Å². The molecular weight excluding hydrogens is 316 g/mol. The summed E-state index contributed by atoms with van der Waals surface area (Å²) in [5.41, 5.74) is 1.83. The largest absolute Gasteiger partial charge is 0.331 e. The Morgan fingerprint density at radius 2 is 2.04 bits per heavy atom. The van der Waals surface area contributed by atoms with Gasteiger partial charge >= 0.3 is 11.8 Å². The first kappa shape index (κ1) is 16.0. The lowest BCUT2D eigenvalue weighted by Crippen LogP contribution is -2.49. The van der Waals surface area contributed by atoms with E-state index in [1.807, 2.05) is 24.3 Å². The topological polar surface area (TPSA) is 74.8 Å². The molecule has 2 amide bonds. The number of hydrogen-bond donors (Lipinski definition) is 0. The molecule has 6 nitrogen and oxygen atoms in total. The van der Waals surface area contributed by atoms with E-state index in [0.717, 1.165) is 17.7 Å². The van der Waals surface area contributed by atoms with Crippen molar-refractivity contribution in [1.82, 2.24) is 4.90 Å². The van der Waals surface area contributed by atoms with Gasteiger partial charge in [0.1, 0.15) is 0 Å². The van der Waals surface area contributed by atoms with Crippen LogP contribution in [-0.2, 0) is 25.8 Å². The van der Waals surface area contributed by atoms with Crippen molar-refractivity contribution in [1.29, 1.82) is 0 Å². The lowest BCUT2D eigenvalue weighted by atomic mass is 10.2. The Labute approximate surface area is 136 Å². The highest BCUT2D eigenvalue weighted by atomic mass is 32.2. The van der Waals surface area contributed by atoms with E-state index in [1.165, 1.54) is 9.80 Å². The Morgan fingerprint density at radius 1 is 1.30 bits per heavy atom. The minimum absolute atomic E-state index is 0.0452. The molecule has 0 radical (unpaired) electrons. The molecule has 0 aliphatic carbocycles. The minimum atomic E-state index is -3.10. The Kier molecular flexibility index (Phi) is 4.14. The molecule has 1 atom stereocenters. The molecule has 0 bridgehead atoms.